The first-order valence-electron chi connectivity index (χ1n) is 13.8. The van der Waals surface area contributed by atoms with Gasteiger partial charge in [0.05, 0.1) is 35.6 Å². The Morgan fingerprint density at radius 3 is 2.34 bits per heavy atom. The fraction of sp³-hybridized carbons (Fsp3) is 0.867. The highest BCUT2D eigenvalue weighted by Gasteiger charge is 2.56. The number of ether oxygens (including phenoxy) is 1. The summed E-state index contributed by atoms with van der Waals surface area (Å²) < 4.78 is 6.55. The van der Waals surface area contributed by atoms with Crippen LogP contribution >= 0.6 is 0 Å². The lowest BCUT2D eigenvalue weighted by molar-refractivity contribution is -0.205. The monoisotopic (exact) mass is 492 g/mol. The van der Waals surface area contributed by atoms with Gasteiger partial charge in [-0.3, -0.25) is 0 Å². The van der Waals surface area contributed by atoms with Gasteiger partial charge in [0, 0.05) is 0 Å². The van der Waals surface area contributed by atoms with Crippen molar-refractivity contribution in [2.24, 2.45) is 16.7 Å². The minimum absolute atomic E-state index is 0.00370. The Bertz CT molecular complexity index is 814. The molecule has 2 aliphatic carbocycles. The van der Waals surface area contributed by atoms with Crippen molar-refractivity contribution >= 4 is 0 Å². The predicted octanol–water partition coefficient (Wildman–Crippen LogP) is 5.45. The minimum atomic E-state index is -0.803. The lowest BCUT2D eigenvalue weighted by Gasteiger charge is -2.54. The van der Waals surface area contributed by atoms with Crippen LogP contribution in [-0.2, 0) is 4.74 Å². The smallest absolute Gasteiger partial charge is 0.0888 e. The molecule has 0 aromatic rings. The van der Waals surface area contributed by atoms with E-state index in [1.54, 1.807) is 0 Å². The molecule has 0 aromatic heterocycles. The molecule has 5 heteroatoms. The van der Waals surface area contributed by atoms with Crippen molar-refractivity contribution in [2.45, 2.75) is 148 Å². The molecule has 0 unspecified atom stereocenters. The van der Waals surface area contributed by atoms with E-state index in [0.717, 1.165) is 56.1 Å². The Balaban J connectivity index is 1.87. The maximum Gasteiger partial charge on any atom is 0.0888 e. The van der Waals surface area contributed by atoms with Crippen LogP contribution in [0.1, 0.15) is 113 Å². The molecule has 0 radical (unpaired) electrons. The van der Waals surface area contributed by atoms with Crippen molar-refractivity contribution < 1.29 is 25.2 Å². The van der Waals surface area contributed by atoms with Crippen LogP contribution in [0.15, 0.2) is 23.3 Å². The van der Waals surface area contributed by atoms with Crippen LogP contribution in [0.5, 0.6) is 0 Å². The second-order valence-corrected chi connectivity index (χ2v) is 13.4. The second kappa shape index (κ2) is 10.2. The van der Waals surface area contributed by atoms with Gasteiger partial charge < -0.3 is 25.2 Å². The molecule has 2 fully saturated rings. The van der Waals surface area contributed by atoms with Gasteiger partial charge in [-0.25, -0.2) is 0 Å². The molecule has 3 rings (SSSR count). The summed E-state index contributed by atoms with van der Waals surface area (Å²) in [6, 6.07) is 0. The van der Waals surface area contributed by atoms with Gasteiger partial charge in [-0.05, 0) is 121 Å². The minimum Gasteiger partial charge on any atom is -0.390 e. The second-order valence-electron chi connectivity index (χ2n) is 13.4. The number of aliphatic hydroxyl groups is 4. The Morgan fingerprint density at radius 1 is 1.06 bits per heavy atom. The Labute approximate surface area is 213 Å². The van der Waals surface area contributed by atoms with Gasteiger partial charge in [0.1, 0.15) is 0 Å². The largest absolute Gasteiger partial charge is 0.390 e. The average molecular weight is 493 g/mol. The third-order valence-electron chi connectivity index (χ3n) is 10.3. The molecule has 1 aliphatic heterocycles. The zero-order chi connectivity index (χ0) is 26.4. The van der Waals surface area contributed by atoms with Crippen LogP contribution in [0, 0.1) is 16.7 Å². The molecule has 35 heavy (non-hydrogen) atoms. The van der Waals surface area contributed by atoms with Crippen molar-refractivity contribution in [3.05, 3.63) is 23.3 Å². The van der Waals surface area contributed by atoms with E-state index in [1.165, 1.54) is 5.57 Å². The van der Waals surface area contributed by atoms with E-state index in [4.69, 9.17) is 4.74 Å². The van der Waals surface area contributed by atoms with Gasteiger partial charge >= 0.3 is 0 Å². The molecule has 1 saturated heterocycles. The number of aliphatic hydroxyl groups excluding tert-OH is 3. The summed E-state index contributed by atoms with van der Waals surface area (Å²) in [5.41, 5.74) is 1.44. The zero-order valence-electron chi connectivity index (χ0n) is 23.4. The molecule has 0 aromatic carbocycles. The van der Waals surface area contributed by atoms with Crippen LogP contribution < -0.4 is 0 Å². The fourth-order valence-electron chi connectivity index (χ4n) is 7.54. The van der Waals surface area contributed by atoms with E-state index in [0.29, 0.717) is 19.3 Å². The number of hydrogen-bond donors (Lipinski definition) is 4. The molecule has 5 nitrogen and oxygen atoms in total. The normalized spacial score (nSPS) is 42.8. The zero-order valence-corrected chi connectivity index (χ0v) is 23.4. The Hall–Kier alpha value is -0.720. The Morgan fingerprint density at radius 2 is 1.71 bits per heavy atom. The van der Waals surface area contributed by atoms with Gasteiger partial charge in [-0.15, -0.1) is 0 Å². The molecule has 0 bridgehead atoms. The molecular formula is C30H52O5. The number of allylic oxidation sites excluding steroid dienone is 1. The molecule has 0 amide bonds. The first kappa shape index (κ1) is 28.8. The summed E-state index contributed by atoms with van der Waals surface area (Å²) >= 11 is 0. The number of hydrogen-bond acceptors (Lipinski definition) is 5. The van der Waals surface area contributed by atoms with Crippen LogP contribution in [-0.4, -0.2) is 56.0 Å². The van der Waals surface area contributed by atoms with Crippen molar-refractivity contribution in [3.63, 3.8) is 0 Å². The van der Waals surface area contributed by atoms with Crippen LogP contribution in [0.3, 0.4) is 0 Å². The SMILES string of the molecule is C=C(C)[C@H](O)CC[C@@]1(C)CC[C@@H](O)C(C)=C1CC[C@@H]1[C@@]2(C)CC[C@@H](O)C(C)(C)O[C@@H]2CC[C@]1(C)O. The van der Waals surface area contributed by atoms with E-state index in [1.807, 2.05) is 27.7 Å². The summed E-state index contributed by atoms with van der Waals surface area (Å²) in [5.74, 6) is 0.0273. The number of rotatable bonds is 7. The van der Waals surface area contributed by atoms with Gasteiger partial charge in [0.15, 0.2) is 0 Å². The molecule has 4 N–H and O–H groups in total. The number of fused-ring (bicyclic) bond motifs is 1. The highest BCUT2D eigenvalue weighted by Crippen LogP contribution is 2.56. The van der Waals surface area contributed by atoms with E-state index in [9.17, 15) is 20.4 Å². The third kappa shape index (κ3) is 5.75. The topological polar surface area (TPSA) is 90.2 Å². The molecule has 8 atom stereocenters. The molecular weight excluding hydrogens is 440 g/mol. The van der Waals surface area contributed by atoms with Crippen LogP contribution in [0.2, 0.25) is 0 Å². The van der Waals surface area contributed by atoms with E-state index < -0.39 is 29.5 Å². The van der Waals surface area contributed by atoms with Gasteiger partial charge in [0.25, 0.3) is 0 Å². The lowest BCUT2D eigenvalue weighted by Crippen LogP contribution is -2.56. The van der Waals surface area contributed by atoms with Gasteiger partial charge in [-0.2, -0.15) is 0 Å². The highest BCUT2D eigenvalue weighted by atomic mass is 16.5. The van der Waals surface area contributed by atoms with Crippen LogP contribution in [0.4, 0.5) is 0 Å². The van der Waals surface area contributed by atoms with E-state index >= 15 is 0 Å². The first-order valence-corrected chi connectivity index (χ1v) is 13.8. The molecule has 1 heterocycles. The van der Waals surface area contributed by atoms with Crippen molar-refractivity contribution in [1.82, 2.24) is 0 Å². The summed E-state index contributed by atoms with van der Waals surface area (Å²) in [7, 11) is 0. The lowest BCUT2D eigenvalue weighted by atomic mass is 9.55. The molecule has 1 saturated carbocycles. The van der Waals surface area contributed by atoms with Crippen molar-refractivity contribution in [2.75, 3.05) is 0 Å². The Kier molecular flexibility index (Phi) is 8.41. The predicted molar refractivity (Wildman–Crippen MR) is 141 cm³/mol. The van der Waals surface area contributed by atoms with E-state index in [2.05, 4.69) is 27.4 Å². The molecule has 3 aliphatic rings. The summed E-state index contributed by atoms with van der Waals surface area (Å²) in [5, 5.41) is 43.5. The van der Waals surface area contributed by atoms with Crippen molar-refractivity contribution in [3.8, 4) is 0 Å². The maximum absolute atomic E-state index is 11.6. The first-order chi connectivity index (χ1) is 16.0. The van der Waals surface area contributed by atoms with E-state index in [-0.39, 0.29) is 22.9 Å². The highest BCUT2D eigenvalue weighted by molar-refractivity contribution is 5.27. The van der Waals surface area contributed by atoms with Crippen LogP contribution in [0.25, 0.3) is 0 Å². The average Bonchev–Trinajstić information content (AvgIpc) is 2.85. The quantitative estimate of drug-likeness (QED) is 0.355. The summed E-state index contributed by atoms with van der Waals surface area (Å²) in [4.78, 5) is 0. The van der Waals surface area contributed by atoms with Gasteiger partial charge in [-0.1, -0.05) is 31.6 Å². The maximum atomic E-state index is 11.6. The van der Waals surface area contributed by atoms with Crippen molar-refractivity contribution in [1.29, 1.82) is 0 Å². The molecule has 202 valence electrons. The fourth-order valence-corrected chi connectivity index (χ4v) is 7.54. The summed E-state index contributed by atoms with van der Waals surface area (Å²) in [6.45, 7) is 18.3. The third-order valence-corrected chi connectivity index (χ3v) is 10.3. The van der Waals surface area contributed by atoms with Gasteiger partial charge in [0.2, 0.25) is 0 Å². The standard InChI is InChI=1S/C30H52O5/c1-19(2)22(31)11-15-28(6)16-12-23(32)20(3)21(28)9-10-24-29(7)17-13-25(33)27(4,5)35-26(29)14-18-30(24,8)34/h22-26,31-34H,1,9-18H2,2-8H3/t22-,23-,24-,25-,26-,28+,29-,30+/m1/s1. The molecule has 0 spiro atoms. The summed E-state index contributed by atoms with van der Waals surface area (Å²) in [6.07, 6.45) is 6.34.